The van der Waals surface area contributed by atoms with Crippen LogP contribution in [0.15, 0.2) is 65.2 Å². The van der Waals surface area contributed by atoms with Gasteiger partial charge < -0.3 is 4.74 Å². The van der Waals surface area contributed by atoms with Gasteiger partial charge in [0.15, 0.2) is 0 Å². The normalized spacial score (nSPS) is 20.5. The van der Waals surface area contributed by atoms with E-state index in [1.54, 1.807) is 35.7 Å². The fourth-order valence-electron chi connectivity index (χ4n) is 5.37. The third-order valence-corrected chi connectivity index (χ3v) is 9.23. The molecule has 0 amide bonds. The van der Waals surface area contributed by atoms with Gasteiger partial charge in [0.1, 0.15) is 5.82 Å². The summed E-state index contributed by atoms with van der Waals surface area (Å²) in [5.74, 6) is -0.293. The van der Waals surface area contributed by atoms with Crippen LogP contribution in [-0.2, 0) is 26.6 Å². The molecule has 1 aliphatic carbocycles. The average Bonchev–Trinajstić information content (AvgIpc) is 3.24. The average molecular weight is 510 g/mol. The van der Waals surface area contributed by atoms with Crippen LogP contribution in [-0.4, -0.2) is 49.3 Å². The number of piperidine rings is 1. The van der Waals surface area contributed by atoms with E-state index in [-0.39, 0.29) is 11.2 Å². The zero-order valence-electron chi connectivity index (χ0n) is 21.2. The van der Waals surface area contributed by atoms with Crippen LogP contribution < -0.4 is 0 Å². The number of hydrogen-bond acceptors (Lipinski definition) is 4. The van der Waals surface area contributed by atoms with Gasteiger partial charge in [0.25, 0.3) is 0 Å². The summed E-state index contributed by atoms with van der Waals surface area (Å²) in [7, 11) is -2.00. The number of aromatic nitrogens is 2. The number of rotatable bonds is 5. The second-order valence-electron chi connectivity index (χ2n) is 10.9. The van der Waals surface area contributed by atoms with Crippen molar-refractivity contribution in [2.24, 2.45) is 5.41 Å². The van der Waals surface area contributed by atoms with E-state index in [1.165, 1.54) is 12.1 Å². The maximum absolute atomic E-state index is 13.6. The molecule has 0 N–H and O–H groups in total. The number of benzene rings is 2. The lowest BCUT2D eigenvalue weighted by Crippen LogP contribution is -2.51. The molecular formula is C28H32FN3O3S. The highest BCUT2D eigenvalue weighted by molar-refractivity contribution is 7.89. The smallest absolute Gasteiger partial charge is 0.243 e. The monoisotopic (exact) mass is 509 g/mol. The molecule has 5 rings (SSSR count). The van der Waals surface area contributed by atoms with Crippen LogP contribution >= 0.6 is 0 Å². The molecule has 1 aliphatic heterocycles. The fourth-order valence-corrected chi connectivity index (χ4v) is 6.90. The number of nitrogens with zero attached hydrogens (tertiary/aromatic N) is 3. The van der Waals surface area contributed by atoms with Crippen LogP contribution in [0.4, 0.5) is 4.39 Å². The number of ether oxygens (including phenoxy) is 1. The minimum atomic E-state index is -3.66. The van der Waals surface area contributed by atoms with Gasteiger partial charge in [0.2, 0.25) is 10.0 Å². The minimum absolute atomic E-state index is 0.0478. The van der Waals surface area contributed by atoms with Crippen molar-refractivity contribution in [3.05, 3.63) is 82.9 Å². The van der Waals surface area contributed by atoms with Crippen LogP contribution in [0.3, 0.4) is 0 Å². The number of methoxy groups -OCH3 is 1. The molecule has 1 aromatic heterocycles. The first-order valence-corrected chi connectivity index (χ1v) is 13.6. The van der Waals surface area contributed by atoms with Gasteiger partial charge in [0, 0.05) is 25.6 Å². The standard InChI is InChI=1S/C28H32FN3O3S/c1-27(2,3)21-5-11-25(12-6-21)36(33,34)31-14-13-22-15-26-20(16-28(22,18-31)19-35-4)17-30-32(26)24-9-7-23(29)8-10-24/h5-12,15,17H,13-14,16,18-19H2,1-4H3/t28-/m1/s1. The Morgan fingerprint density at radius 3 is 2.42 bits per heavy atom. The first-order chi connectivity index (χ1) is 17.0. The molecule has 6 nitrogen and oxygen atoms in total. The third-order valence-electron chi connectivity index (χ3n) is 7.37. The van der Waals surface area contributed by atoms with E-state index in [1.807, 2.05) is 23.0 Å². The zero-order chi connectivity index (χ0) is 25.7. The van der Waals surface area contributed by atoms with Crippen molar-refractivity contribution in [1.29, 1.82) is 0 Å². The van der Waals surface area contributed by atoms with Crippen LogP contribution in [0, 0.1) is 11.2 Å². The van der Waals surface area contributed by atoms with Gasteiger partial charge in [-0.3, -0.25) is 0 Å². The van der Waals surface area contributed by atoms with E-state index in [2.05, 4.69) is 31.9 Å². The number of halogens is 1. The highest BCUT2D eigenvalue weighted by atomic mass is 32.2. The van der Waals surface area contributed by atoms with Crippen molar-refractivity contribution in [2.75, 3.05) is 26.8 Å². The van der Waals surface area contributed by atoms with Crippen molar-refractivity contribution in [3.63, 3.8) is 0 Å². The van der Waals surface area contributed by atoms with Crippen molar-refractivity contribution in [1.82, 2.24) is 14.1 Å². The Hall–Kier alpha value is -2.81. The van der Waals surface area contributed by atoms with Crippen LogP contribution in [0.1, 0.15) is 44.0 Å². The van der Waals surface area contributed by atoms with Crippen molar-refractivity contribution < 1.29 is 17.5 Å². The fraction of sp³-hybridized carbons (Fsp3) is 0.393. The van der Waals surface area contributed by atoms with Crippen LogP contribution in [0.2, 0.25) is 0 Å². The van der Waals surface area contributed by atoms with E-state index in [0.717, 1.165) is 28.1 Å². The van der Waals surface area contributed by atoms with Crippen LogP contribution in [0.25, 0.3) is 11.8 Å². The maximum Gasteiger partial charge on any atom is 0.243 e. The topological polar surface area (TPSA) is 64.4 Å². The molecule has 1 atom stereocenters. The van der Waals surface area contributed by atoms with E-state index >= 15 is 0 Å². The second kappa shape index (κ2) is 8.94. The van der Waals surface area contributed by atoms with E-state index in [4.69, 9.17) is 4.74 Å². The van der Waals surface area contributed by atoms with Gasteiger partial charge >= 0.3 is 0 Å². The Morgan fingerprint density at radius 2 is 1.78 bits per heavy atom. The quantitative estimate of drug-likeness (QED) is 0.487. The summed E-state index contributed by atoms with van der Waals surface area (Å²) in [5, 5.41) is 4.57. The van der Waals surface area contributed by atoms with Gasteiger partial charge in [-0.2, -0.15) is 9.40 Å². The van der Waals surface area contributed by atoms with E-state index < -0.39 is 15.4 Å². The number of hydrogen-bond donors (Lipinski definition) is 0. The van der Waals surface area contributed by atoms with Gasteiger partial charge in [-0.1, -0.05) is 38.5 Å². The summed E-state index contributed by atoms with van der Waals surface area (Å²) >= 11 is 0. The third kappa shape index (κ3) is 4.31. The van der Waals surface area contributed by atoms with Gasteiger partial charge in [-0.05, 0) is 71.9 Å². The molecule has 0 radical (unpaired) electrons. The van der Waals surface area contributed by atoms with Crippen molar-refractivity contribution in [2.45, 2.75) is 43.9 Å². The summed E-state index contributed by atoms with van der Waals surface area (Å²) in [6, 6.07) is 13.5. The molecule has 190 valence electrons. The molecule has 36 heavy (non-hydrogen) atoms. The Balaban J connectivity index is 1.47. The first-order valence-electron chi connectivity index (χ1n) is 12.2. The number of fused-ring (bicyclic) bond motifs is 2. The molecule has 8 heteroatoms. The molecule has 3 aromatic rings. The lowest BCUT2D eigenvalue weighted by molar-refractivity contribution is 0.0733. The molecule has 0 bridgehead atoms. The summed E-state index contributed by atoms with van der Waals surface area (Å²) < 4.78 is 49.8. The molecule has 0 saturated carbocycles. The van der Waals surface area contributed by atoms with E-state index in [0.29, 0.717) is 37.4 Å². The molecule has 2 aromatic carbocycles. The highest BCUT2D eigenvalue weighted by Crippen LogP contribution is 2.45. The Bertz CT molecular complexity index is 1400. The Kier molecular flexibility index (Phi) is 6.17. The predicted molar refractivity (Wildman–Crippen MR) is 138 cm³/mol. The summed E-state index contributed by atoms with van der Waals surface area (Å²) in [5.41, 5.74) is 4.51. The zero-order valence-corrected chi connectivity index (χ0v) is 22.0. The van der Waals surface area contributed by atoms with E-state index in [9.17, 15) is 12.8 Å². The lowest BCUT2D eigenvalue weighted by atomic mass is 9.69. The predicted octanol–water partition coefficient (Wildman–Crippen LogP) is 4.98. The maximum atomic E-state index is 13.6. The molecular weight excluding hydrogens is 477 g/mol. The minimum Gasteiger partial charge on any atom is -0.384 e. The van der Waals surface area contributed by atoms with Crippen LogP contribution in [0.5, 0.6) is 0 Å². The molecule has 1 fully saturated rings. The first kappa shape index (κ1) is 24.9. The largest absolute Gasteiger partial charge is 0.384 e. The molecule has 0 spiro atoms. The number of sulfonamides is 1. The summed E-state index contributed by atoms with van der Waals surface area (Å²) in [6.07, 6.45) is 5.17. The lowest BCUT2D eigenvalue weighted by Gasteiger charge is -2.45. The van der Waals surface area contributed by atoms with Gasteiger partial charge in [0.05, 0.1) is 29.1 Å². The van der Waals surface area contributed by atoms with Gasteiger partial charge in [-0.15, -0.1) is 0 Å². The molecule has 2 aliphatic rings. The Morgan fingerprint density at radius 1 is 1.08 bits per heavy atom. The Labute approximate surface area is 212 Å². The van der Waals surface area contributed by atoms with Gasteiger partial charge in [-0.25, -0.2) is 17.5 Å². The molecule has 0 unspecified atom stereocenters. The second-order valence-corrected chi connectivity index (χ2v) is 12.8. The SMILES string of the molecule is COC[C@]12Cc3cnn(-c4ccc(F)cc4)c3C=C1CCN(S(=O)(=O)c1ccc(C(C)(C)C)cc1)C2. The van der Waals surface area contributed by atoms with Crippen molar-refractivity contribution in [3.8, 4) is 5.69 Å². The van der Waals surface area contributed by atoms with Crippen molar-refractivity contribution >= 4 is 16.1 Å². The molecule has 2 heterocycles. The summed E-state index contributed by atoms with van der Waals surface area (Å²) in [4.78, 5) is 0.316. The highest BCUT2D eigenvalue weighted by Gasteiger charge is 2.46. The molecule has 1 saturated heterocycles. The summed E-state index contributed by atoms with van der Waals surface area (Å²) in [6.45, 7) is 7.49.